The molecule has 1 unspecified atom stereocenters. The molecule has 98 valence electrons. The van der Waals surface area contributed by atoms with Crippen molar-refractivity contribution in [2.24, 2.45) is 11.7 Å². The molecule has 4 N–H and O–H groups in total. The summed E-state index contributed by atoms with van der Waals surface area (Å²) in [7, 11) is 0. The van der Waals surface area contributed by atoms with Gasteiger partial charge < -0.3 is 10.8 Å². The Kier molecular flexibility index (Phi) is 4.28. The molecule has 1 aromatic rings. The van der Waals surface area contributed by atoms with Crippen LogP contribution in [0.25, 0.3) is 0 Å². The molecule has 5 nitrogen and oxygen atoms in total. The Morgan fingerprint density at radius 2 is 2.44 bits per heavy atom. The highest BCUT2D eigenvalue weighted by Crippen LogP contribution is 2.18. The Labute approximate surface area is 107 Å². The van der Waals surface area contributed by atoms with Crippen molar-refractivity contribution >= 4 is 5.84 Å². The summed E-state index contributed by atoms with van der Waals surface area (Å²) in [5.41, 5.74) is 7.08. The van der Waals surface area contributed by atoms with Gasteiger partial charge in [-0.1, -0.05) is 0 Å². The van der Waals surface area contributed by atoms with Gasteiger partial charge in [0.2, 0.25) is 0 Å². The second kappa shape index (κ2) is 5.93. The van der Waals surface area contributed by atoms with Gasteiger partial charge in [0.1, 0.15) is 11.5 Å². The van der Waals surface area contributed by atoms with Crippen molar-refractivity contribution < 1.29 is 5.11 Å². The van der Waals surface area contributed by atoms with Gasteiger partial charge in [-0.2, -0.15) is 0 Å². The number of piperidine rings is 1. The molecular formula is C13H20N4O. The summed E-state index contributed by atoms with van der Waals surface area (Å²) in [6.07, 6.45) is 3.94. The number of likely N-dealkylation sites (tertiary alicyclic amines) is 1. The van der Waals surface area contributed by atoms with Crippen LogP contribution in [-0.2, 0) is 6.54 Å². The Balaban J connectivity index is 2.00. The van der Waals surface area contributed by atoms with Crippen LogP contribution in [-0.4, -0.2) is 40.5 Å². The third kappa shape index (κ3) is 3.27. The average Bonchev–Trinajstić information content (AvgIpc) is 2.39. The minimum atomic E-state index is 0.00345. The first-order valence-electron chi connectivity index (χ1n) is 6.31. The maximum atomic E-state index is 9.21. The number of hydrogen-bond acceptors (Lipinski definition) is 4. The number of nitrogens with one attached hydrogen (secondary N) is 1. The van der Waals surface area contributed by atoms with Gasteiger partial charge in [0.25, 0.3) is 0 Å². The predicted octanol–water partition coefficient (Wildman–Crippen LogP) is 0.570. The molecule has 0 bridgehead atoms. The van der Waals surface area contributed by atoms with Crippen LogP contribution in [0.4, 0.5) is 0 Å². The van der Waals surface area contributed by atoms with Crippen molar-refractivity contribution in [1.29, 1.82) is 5.41 Å². The van der Waals surface area contributed by atoms with Crippen LogP contribution in [0.3, 0.4) is 0 Å². The number of nitrogens with zero attached hydrogens (tertiary/aromatic N) is 2. The highest BCUT2D eigenvalue weighted by Gasteiger charge is 2.19. The molecule has 0 saturated carbocycles. The van der Waals surface area contributed by atoms with E-state index in [1.165, 1.54) is 0 Å². The van der Waals surface area contributed by atoms with Gasteiger partial charge in [-0.05, 0) is 43.0 Å². The van der Waals surface area contributed by atoms with E-state index in [9.17, 15) is 5.11 Å². The van der Waals surface area contributed by atoms with E-state index >= 15 is 0 Å². The summed E-state index contributed by atoms with van der Waals surface area (Å²) in [6, 6.07) is 3.82. The highest BCUT2D eigenvalue weighted by atomic mass is 16.3. The lowest BCUT2D eigenvalue weighted by atomic mass is 9.98. The summed E-state index contributed by atoms with van der Waals surface area (Å²) < 4.78 is 0. The van der Waals surface area contributed by atoms with Gasteiger partial charge in [-0.3, -0.25) is 15.3 Å². The average molecular weight is 248 g/mol. The molecule has 0 aliphatic carbocycles. The number of hydrogen-bond donors (Lipinski definition) is 3. The number of pyridine rings is 1. The predicted molar refractivity (Wildman–Crippen MR) is 70.3 cm³/mol. The van der Waals surface area contributed by atoms with Crippen molar-refractivity contribution in [3.63, 3.8) is 0 Å². The zero-order chi connectivity index (χ0) is 13.0. The molecule has 0 aromatic carbocycles. The Morgan fingerprint density at radius 1 is 1.61 bits per heavy atom. The zero-order valence-electron chi connectivity index (χ0n) is 10.5. The molecule has 1 aromatic heterocycles. The summed E-state index contributed by atoms with van der Waals surface area (Å²) in [4.78, 5) is 6.39. The van der Waals surface area contributed by atoms with E-state index in [1.54, 1.807) is 6.20 Å². The fourth-order valence-electron chi connectivity index (χ4n) is 2.42. The maximum absolute atomic E-state index is 9.21. The van der Waals surface area contributed by atoms with Crippen LogP contribution in [0.5, 0.6) is 0 Å². The number of amidine groups is 1. The topological polar surface area (TPSA) is 86.2 Å². The first-order valence-corrected chi connectivity index (χ1v) is 6.31. The lowest BCUT2D eigenvalue weighted by Gasteiger charge is -2.31. The molecule has 0 spiro atoms. The normalized spacial score (nSPS) is 20.8. The van der Waals surface area contributed by atoms with Gasteiger partial charge in [-0.15, -0.1) is 0 Å². The van der Waals surface area contributed by atoms with Gasteiger partial charge in [0, 0.05) is 25.9 Å². The van der Waals surface area contributed by atoms with E-state index in [0.29, 0.717) is 11.6 Å². The van der Waals surface area contributed by atoms with Gasteiger partial charge in [0.05, 0.1) is 0 Å². The number of aliphatic hydroxyl groups excluding tert-OH is 1. The maximum Gasteiger partial charge on any atom is 0.141 e. The molecule has 5 heteroatoms. The van der Waals surface area contributed by atoms with E-state index in [4.69, 9.17) is 11.1 Å². The number of aromatic nitrogens is 1. The van der Waals surface area contributed by atoms with E-state index < -0.39 is 0 Å². The van der Waals surface area contributed by atoms with Crippen LogP contribution >= 0.6 is 0 Å². The quantitative estimate of drug-likeness (QED) is 0.537. The van der Waals surface area contributed by atoms with Crippen molar-refractivity contribution in [2.45, 2.75) is 19.4 Å². The molecule has 2 heterocycles. The van der Waals surface area contributed by atoms with Crippen LogP contribution in [0.1, 0.15) is 24.1 Å². The van der Waals surface area contributed by atoms with Gasteiger partial charge >= 0.3 is 0 Å². The lowest BCUT2D eigenvalue weighted by Crippen LogP contribution is -2.36. The first kappa shape index (κ1) is 13.0. The van der Waals surface area contributed by atoms with E-state index in [1.807, 2.05) is 12.1 Å². The zero-order valence-corrected chi connectivity index (χ0v) is 10.5. The highest BCUT2D eigenvalue weighted by molar-refractivity contribution is 5.93. The lowest BCUT2D eigenvalue weighted by molar-refractivity contribution is 0.116. The van der Waals surface area contributed by atoms with E-state index in [2.05, 4.69) is 9.88 Å². The summed E-state index contributed by atoms with van der Waals surface area (Å²) in [6.45, 7) is 3.10. The summed E-state index contributed by atoms with van der Waals surface area (Å²) in [5.74, 6) is 0.400. The minimum Gasteiger partial charge on any atom is -0.396 e. The Hall–Kier alpha value is -1.46. The number of nitrogen functional groups attached to an aromatic ring is 1. The van der Waals surface area contributed by atoms with Gasteiger partial charge in [-0.25, -0.2) is 0 Å². The fourth-order valence-corrected chi connectivity index (χ4v) is 2.42. The van der Waals surface area contributed by atoms with Gasteiger partial charge in [0.15, 0.2) is 0 Å². The molecule has 1 atom stereocenters. The smallest absolute Gasteiger partial charge is 0.141 e. The SMILES string of the molecule is N=C(N)c1cc(CN2CCCC(CO)C2)ccn1. The van der Waals surface area contributed by atoms with Crippen molar-refractivity contribution in [1.82, 2.24) is 9.88 Å². The molecule has 0 amide bonds. The molecule has 2 rings (SSSR count). The Morgan fingerprint density at radius 3 is 3.17 bits per heavy atom. The standard InChI is InChI=1S/C13H20N4O/c14-13(15)12-6-10(3-4-16-12)7-17-5-1-2-11(8-17)9-18/h3-4,6,11,18H,1-2,5,7-9H2,(H3,14,15). The molecule has 1 aliphatic rings. The number of nitrogens with two attached hydrogens (primary N) is 1. The third-order valence-corrected chi connectivity index (χ3v) is 3.37. The van der Waals surface area contributed by atoms with Crippen LogP contribution in [0, 0.1) is 11.3 Å². The second-order valence-electron chi connectivity index (χ2n) is 4.89. The van der Waals surface area contributed by atoms with Crippen molar-refractivity contribution in [3.8, 4) is 0 Å². The summed E-state index contributed by atoms with van der Waals surface area (Å²) in [5, 5.41) is 16.6. The van der Waals surface area contributed by atoms with Crippen LogP contribution in [0.2, 0.25) is 0 Å². The minimum absolute atomic E-state index is 0.00345. The van der Waals surface area contributed by atoms with Crippen LogP contribution in [0.15, 0.2) is 18.3 Å². The molecule has 0 radical (unpaired) electrons. The molecule has 1 fully saturated rings. The van der Waals surface area contributed by atoms with Crippen molar-refractivity contribution in [2.75, 3.05) is 19.7 Å². The molecule has 1 saturated heterocycles. The van der Waals surface area contributed by atoms with Crippen molar-refractivity contribution in [3.05, 3.63) is 29.6 Å². The Bertz CT molecular complexity index is 421. The third-order valence-electron chi connectivity index (χ3n) is 3.37. The monoisotopic (exact) mass is 248 g/mol. The van der Waals surface area contributed by atoms with Crippen LogP contribution < -0.4 is 5.73 Å². The second-order valence-corrected chi connectivity index (χ2v) is 4.89. The summed E-state index contributed by atoms with van der Waals surface area (Å²) >= 11 is 0. The molecular weight excluding hydrogens is 228 g/mol. The molecule has 18 heavy (non-hydrogen) atoms. The van der Waals surface area contributed by atoms with E-state index in [0.717, 1.165) is 38.0 Å². The first-order chi connectivity index (χ1) is 8.69. The number of aliphatic hydroxyl groups is 1. The number of rotatable bonds is 4. The van der Waals surface area contributed by atoms with E-state index in [-0.39, 0.29) is 12.4 Å². The molecule has 1 aliphatic heterocycles. The largest absolute Gasteiger partial charge is 0.396 e. The fraction of sp³-hybridized carbons (Fsp3) is 0.538.